The number of rotatable bonds is 8. The van der Waals surface area contributed by atoms with Crippen molar-refractivity contribution in [3.05, 3.63) is 29.8 Å². The molecule has 0 aliphatic heterocycles. The van der Waals surface area contributed by atoms with Gasteiger partial charge in [0, 0.05) is 12.6 Å². The number of benzene rings is 1. The lowest BCUT2D eigenvalue weighted by molar-refractivity contribution is -0.120. The fourth-order valence-corrected chi connectivity index (χ4v) is 1.69. The predicted octanol–water partition coefficient (Wildman–Crippen LogP) is 0.849. The maximum atomic E-state index is 11.4. The molecule has 1 rings (SSSR count). The Bertz CT molecular complexity index is 421. The van der Waals surface area contributed by atoms with Gasteiger partial charge in [0.2, 0.25) is 5.91 Å². The SMILES string of the molecule is Cc1ccccc1OCC(O)CNCC(=O)NC(C)C. The van der Waals surface area contributed by atoms with Crippen molar-refractivity contribution in [2.24, 2.45) is 0 Å². The number of amides is 1. The standard InChI is InChI=1S/C15H24N2O3/c1-11(2)17-15(19)9-16-8-13(18)10-20-14-7-5-4-6-12(14)3/h4-7,11,13,16,18H,8-10H2,1-3H3,(H,17,19). The number of carbonyl (C=O) groups excluding carboxylic acids is 1. The molecule has 0 saturated heterocycles. The molecule has 1 unspecified atom stereocenters. The van der Waals surface area contributed by atoms with Gasteiger partial charge in [-0.3, -0.25) is 4.79 Å². The highest BCUT2D eigenvalue weighted by molar-refractivity contribution is 5.78. The Hall–Kier alpha value is -1.59. The molecule has 0 aliphatic carbocycles. The summed E-state index contributed by atoms with van der Waals surface area (Å²) in [5, 5.41) is 15.4. The maximum Gasteiger partial charge on any atom is 0.234 e. The van der Waals surface area contributed by atoms with Crippen LogP contribution in [0.3, 0.4) is 0 Å². The van der Waals surface area contributed by atoms with E-state index in [-0.39, 0.29) is 25.1 Å². The van der Waals surface area contributed by atoms with E-state index in [9.17, 15) is 9.90 Å². The van der Waals surface area contributed by atoms with E-state index in [2.05, 4.69) is 10.6 Å². The van der Waals surface area contributed by atoms with E-state index in [0.29, 0.717) is 6.54 Å². The van der Waals surface area contributed by atoms with E-state index in [1.54, 1.807) is 0 Å². The van der Waals surface area contributed by atoms with Crippen LogP contribution in [0.5, 0.6) is 5.75 Å². The van der Waals surface area contributed by atoms with Gasteiger partial charge in [-0.05, 0) is 32.4 Å². The molecule has 5 nitrogen and oxygen atoms in total. The molecular weight excluding hydrogens is 256 g/mol. The molecule has 0 aliphatic rings. The summed E-state index contributed by atoms with van der Waals surface area (Å²) in [6, 6.07) is 7.78. The number of ether oxygens (including phenoxy) is 1. The third kappa shape index (κ3) is 6.54. The first kappa shape index (κ1) is 16.5. The third-order valence-corrected chi connectivity index (χ3v) is 2.64. The summed E-state index contributed by atoms with van der Waals surface area (Å²) in [6.45, 7) is 6.47. The average molecular weight is 280 g/mol. The number of aliphatic hydroxyl groups is 1. The summed E-state index contributed by atoms with van der Waals surface area (Å²) < 4.78 is 5.53. The quantitative estimate of drug-likeness (QED) is 0.660. The molecule has 0 bridgehead atoms. The smallest absolute Gasteiger partial charge is 0.234 e. The highest BCUT2D eigenvalue weighted by Gasteiger charge is 2.08. The number of aryl methyl sites for hydroxylation is 1. The molecule has 0 saturated carbocycles. The largest absolute Gasteiger partial charge is 0.491 e. The number of para-hydroxylation sites is 1. The molecule has 0 radical (unpaired) electrons. The van der Waals surface area contributed by atoms with Gasteiger partial charge in [-0.2, -0.15) is 0 Å². The van der Waals surface area contributed by atoms with Crippen LogP contribution < -0.4 is 15.4 Å². The molecule has 3 N–H and O–H groups in total. The van der Waals surface area contributed by atoms with E-state index in [1.807, 2.05) is 45.0 Å². The lowest BCUT2D eigenvalue weighted by atomic mass is 10.2. The maximum absolute atomic E-state index is 11.4. The van der Waals surface area contributed by atoms with E-state index in [0.717, 1.165) is 11.3 Å². The van der Waals surface area contributed by atoms with E-state index < -0.39 is 6.10 Å². The molecular formula is C15H24N2O3. The van der Waals surface area contributed by atoms with Crippen LogP contribution in [0.25, 0.3) is 0 Å². The van der Waals surface area contributed by atoms with Gasteiger partial charge in [0.1, 0.15) is 18.5 Å². The van der Waals surface area contributed by atoms with Crippen molar-refractivity contribution in [1.82, 2.24) is 10.6 Å². The molecule has 5 heteroatoms. The molecule has 1 amide bonds. The normalized spacial score (nSPS) is 12.2. The van der Waals surface area contributed by atoms with Crippen LogP contribution in [-0.2, 0) is 4.79 Å². The van der Waals surface area contributed by atoms with Gasteiger partial charge in [-0.1, -0.05) is 18.2 Å². The molecule has 1 aromatic carbocycles. The van der Waals surface area contributed by atoms with Crippen molar-refractivity contribution in [1.29, 1.82) is 0 Å². The van der Waals surface area contributed by atoms with Crippen LogP contribution in [0, 0.1) is 6.92 Å². The van der Waals surface area contributed by atoms with Gasteiger partial charge in [0.15, 0.2) is 0 Å². The van der Waals surface area contributed by atoms with Crippen molar-refractivity contribution in [3.8, 4) is 5.75 Å². The zero-order valence-electron chi connectivity index (χ0n) is 12.3. The first-order valence-corrected chi connectivity index (χ1v) is 6.85. The molecule has 1 atom stereocenters. The van der Waals surface area contributed by atoms with Crippen LogP contribution in [0.1, 0.15) is 19.4 Å². The fourth-order valence-electron chi connectivity index (χ4n) is 1.69. The van der Waals surface area contributed by atoms with Gasteiger partial charge in [-0.25, -0.2) is 0 Å². The molecule has 0 fully saturated rings. The Balaban J connectivity index is 2.19. The monoisotopic (exact) mass is 280 g/mol. The van der Waals surface area contributed by atoms with Crippen LogP contribution in [-0.4, -0.2) is 42.9 Å². The number of hydrogen-bond donors (Lipinski definition) is 3. The summed E-state index contributed by atoms with van der Waals surface area (Å²) in [4.78, 5) is 11.4. The zero-order valence-corrected chi connectivity index (χ0v) is 12.3. The van der Waals surface area contributed by atoms with E-state index in [4.69, 9.17) is 4.74 Å². The molecule has 0 spiro atoms. The summed E-state index contributed by atoms with van der Waals surface area (Å²) >= 11 is 0. The number of hydrogen-bond acceptors (Lipinski definition) is 4. The Kier molecular flexibility index (Phi) is 7.04. The van der Waals surface area contributed by atoms with E-state index >= 15 is 0 Å². The van der Waals surface area contributed by atoms with Gasteiger partial charge in [0.05, 0.1) is 6.54 Å². The molecule has 112 valence electrons. The predicted molar refractivity (Wildman–Crippen MR) is 78.8 cm³/mol. The summed E-state index contributed by atoms with van der Waals surface area (Å²) in [5.41, 5.74) is 1.03. The highest BCUT2D eigenvalue weighted by Crippen LogP contribution is 2.16. The van der Waals surface area contributed by atoms with Crippen LogP contribution in [0.15, 0.2) is 24.3 Å². The Labute approximate surface area is 120 Å². The minimum Gasteiger partial charge on any atom is -0.491 e. The van der Waals surface area contributed by atoms with Crippen molar-refractivity contribution in [2.45, 2.75) is 32.9 Å². The van der Waals surface area contributed by atoms with Crippen molar-refractivity contribution < 1.29 is 14.6 Å². The highest BCUT2D eigenvalue weighted by atomic mass is 16.5. The fraction of sp³-hybridized carbons (Fsp3) is 0.533. The first-order chi connectivity index (χ1) is 9.49. The van der Waals surface area contributed by atoms with Crippen LogP contribution in [0.2, 0.25) is 0 Å². The lowest BCUT2D eigenvalue weighted by Crippen LogP contribution is -2.41. The third-order valence-electron chi connectivity index (χ3n) is 2.64. The zero-order chi connectivity index (χ0) is 15.0. The topological polar surface area (TPSA) is 70.6 Å². The molecule has 0 aromatic heterocycles. The second kappa shape index (κ2) is 8.55. The first-order valence-electron chi connectivity index (χ1n) is 6.85. The van der Waals surface area contributed by atoms with Gasteiger partial charge >= 0.3 is 0 Å². The minimum absolute atomic E-state index is 0.0768. The summed E-state index contributed by atoms with van der Waals surface area (Å²) in [7, 11) is 0. The number of aliphatic hydroxyl groups excluding tert-OH is 1. The van der Waals surface area contributed by atoms with Crippen molar-refractivity contribution in [3.63, 3.8) is 0 Å². The van der Waals surface area contributed by atoms with Crippen molar-refractivity contribution in [2.75, 3.05) is 19.7 Å². The van der Waals surface area contributed by atoms with Gasteiger partial charge < -0.3 is 20.5 Å². The summed E-state index contributed by atoms with van der Waals surface area (Å²) in [6.07, 6.45) is -0.651. The summed E-state index contributed by atoms with van der Waals surface area (Å²) in [5.74, 6) is 0.691. The molecule has 20 heavy (non-hydrogen) atoms. The van der Waals surface area contributed by atoms with Crippen LogP contribution in [0.4, 0.5) is 0 Å². The Morgan fingerprint density at radius 3 is 2.70 bits per heavy atom. The molecule has 1 aromatic rings. The van der Waals surface area contributed by atoms with Crippen LogP contribution >= 0.6 is 0 Å². The Morgan fingerprint density at radius 2 is 2.05 bits per heavy atom. The van der Waals surface area contributed by atoms with E-state index in [1.165, 1.54) is 0 Å². The van der Waals surface area contributed by atoms with Gasteiger partial charge in [-0.15, -0.1) is 0 Å². The second-order valence-corrected chi connectivity index (χ2v) is 5.08. The lowest BCUT2D eigenvalue weighted by Gasteiger charge is -2.15. The van der Waals surface area contributed by atoms with Gasteiger partial charge in [0.25, 0.3) is 0 Å². The average Bonchev–Trinajstić information content (AvgIpc) is 2.37. The number of carbonyl (C=O) groups is 1. The van der Waals surface area contributed by atoms with Crippen molar-refractivity contribution >= 4 is 5.91 Å². The Morgan fingerprint density at radius 1 is 1.35 bits per heavy atom. The number of nitrogens with one attached hydrogen (secondary N) is 2. The minimum atomic E-state index is -0.651. The molecule has 0 heterocycles. The second-order valence-electron chi connectivity index (χ2n) is 5.08.